The molecule has 0 bridgehead atoms. The molecule has 0 fully saturated rings. The largest absolute Gasteiger partial charge is 0.324 e. The van der Waals surface area contributed by atoms with Crippen LogP contribution in [0.5, 0.6) is 0 Å². The number of aromatic nitrogens is 2. The molecule has 4 nitrogen and oxygen atoms in total. The number of anilines is 1. The molecule has 0 unspecified atom stereocenters. The summed E-state index contributed by atoms with van der Waals surface area (Å²) >= 11 is 0. The van der Waals surface area contributed by atoms with E-state index < -0.39 is 0 Å². The number of pyridine rings is 2. The predicted octanol–water partition coefficient (Wildman–Crippen LogP) is 1.43. The summed E-state index contributed by atoms with van der Waals surface area (Å²) in [6.07, 6.45) is 5.20. The van der Waals surface area contributed by atoms with Crippen molar-refractivity contribution in [2.75, 3.05) is 5.43 Å². The molecule has 2 rings (SSSR count). The van der Waals surface area contributed by atoms with Crippen LogP contribution in [-0.2, 0) is 0 Å². The first kappa shape index (κ1) is 8.65. The normalized spacial score (nSPS) is 9.79. The maximum absolute atomic E-state index is 5.30. The molecule has 0 aliphatic rings. The highest BCUT2D eigenvalue weighted by Gasteiger charge is 1.98. The molecule has 0 spiro atoms. The minimum atomic E-state index is 0.832. The topological polar surface area (TPSA) is 63.8 Å². The highest BCUT2D eigenvalue weighted by Crippen LogP contribution is 2.17. The van der Waals surface area contributed by atoms with Crippen LogP contribution in [0.1, 0.15) is 0 Å². The molecule has 2 heterocycles. The van der Waals surface area contributed by atoms with Gasteiger partial charge >= 0.3 is 0 Å². The van der Waals surface area contributed by atoms with Gasteiger partial charge in [-0.1, -0.05) is 0 Å². The summed E-state index contributed by atoms with van der Waals surface area (Å²) in [5, 5.41) is 0. The van der Waals surface area contributed by atoms with Crippen LogP contribution in [0.15, 0.2) is 42.9 Å². The zero-order valence-corrected chi connectivity index (χ0v) is 7.51. The quantitative estimate of drug-likeness (QED) is 0.550. The van der Waals surface area contributed by atoms with Crippen molar-refractivity contribution in [1.82, 2.24) is 9.97 Å². The van der Waals surface area contributed by atoms with Gasteiger partial charge in [0, 0.05) is 24.2 Å². The fourth-order valence-corrected chi connectivity index (χ4v) is 1.19. The Morgan fingerprint density at radius 1 is 1.21 bits per heavy atom. The van der Waals surface area contributed by atoms with Gasteiger partial charge in [0.1, 0.15) is 0 Å². The van der Waals surface area contributed by atoms with Crippen LogP contribution in [0.25, 0.3) is 11.3 Å². The first-order valence-corrected chi connectivity index (χ1v) is 4.23. The lowest BCUT2D eigenvalue weighted by molar-refractivity contribution is 1.26. The Bertz CT molecular complexity index is 413. The standard InChI is InChI=1S/C10H10N4/c11-14-9-3-5-13-10(6-9)8-2-1-4-12-7-8/h1-7H,11H2,(H,13,14). The molecule has 70 valence electrons. The number of hydrogen-bond donors (Lipinski definition) is 2. The Labute approximate surface area is 81.8 Å². The molecule has 0 radical (unpaired) electrons. The van der Waals surface area contributed by atoms with E-state index in [9.17, 15) is 0 Å². The zero-order valence-electron chi connectivity index (χ0n) is 7.51. The summed E-state index contributed by atoms with van der Waals surface area (Å²) < 4.78 is 0. The number of hydrazine groups is 1. The van der Waals surface area contributed by atoms with Crippen molar-refractivity contribution in [2.24, 2.45) is 5.84 Å². The second kappa shape index (κ2) is 3.85. The number of nitrogens with two attached hydrogens (primary N) is 1. The van der Waals surface area contributed by atoms with Crippen LogP contribution in [0, 0.1) is 0 Å². The molecule has 0 saturated heterocycles. The molecular formula is C10H10N4. The minimum Gasteiger partial charge on any atom is -0.324 e. The summed E-state index contributed by atoms with van der Waals surface area (Å²) in [6, 6.07) is 7.51. The molecule has 0 aliphatic heterocycles. The smallest absolute Gasteiger partial charge is 0.0738 e. The van der Waals surface area contributed by atoms with E-state index in [0.29, 0.717) is 0 Å². The fraction of sp³-hybridized carbons (Fsp3) is 0. The van der Waals surface area contributed by atoms with Gasteiger partial charge in [0.05, 0.1) is 11.4 Å². The molecule has 2 aromatic rings. The zero-order chi connectivity index (χ0) is 9.80. The Hall–Kier alpha value is -1.94. The minimum absolute atomic E-state index is 0.832. The van der Waals surface area contributed by atoms with Crippen molar-refractivity contribution in [3.8, 4) is 11.3 Å². The maximum atomic E-state index is 5.30. The van der Waals surface area contributed by atoms with Gasteiger partial charge in [0.15, 0.2) is 0 Å². The molecule has 4 heteroatoms. The average molecular weight is 186 g/mol. The maximum Gasteiger partial charge on any atom is 0.0738 e. The van der Waals surface area contributed by atoms with Gasteiger partial charge < -0.3 is 5.43 Å². The van der Waals surface area contributed by atoms with Gasteiger partial charge in [-0.3, -0.25) is 15.8 Å². The van der Waals surface area contributed by atoms with Crippen molar-refractivity contribution in [3.63, 3.8) is 0 Å². The number of rotatable bonds is 2. The average Bonchev–Trinajstić information content (AvgIpc) is 2.30. The third-order valence-electron chi connectivity index (χ3n) is 1.88. The van der Waals surface area contributed by atoms with Gasteiger partial charge in [0.2, 0.25) is 0 Å². The number of hydrogen-bond acceptors (Lipinski definition) is 4. The molecule has 0 atom stereocenters. The van der Waals surface area contributed by atoms with Crippen molar-refractivity contribution >= 4 is 5.69 Å². The summed E-state index contributed by atoms with van der Waals surface area (Å²) in [5.41, 5.74) is 5.24. The van der Waals surface area contributed by atoms with E-state index in [2.05, 4.69) is 15.4 Å². The summed E-state index contributed by atoms with van der Waals surface area (Å²) in [7, 11) is 0. The van der Waals surface area contributed by atoms with E-state index in [1.807, 2.05) is 18.2 Å². The van der Waals surface area contributed by atoms with E-state index in [4.69, 9.17) is 5.84 Å². The van der Waals surface area contributed by atoms with Crippen molar-refractivity contribution in [2.45, 2.75) is 0 Å². The molecule has 0 aliphatic carbocycles. The monoisotopic (exact) mass is 186 g/mol. The van der Waals surface area contributed by atoms with Gasteiger partial charge in [-0.05, 0) is 24.3 Å². The highest BCUT2D eigenvalue weighted by atomic mass is 15.2. The van der Waals surface area contributed by atoms with Crippen LogP contribution >= 0.6 is 0 Å². The predicted molar refractivity (Wildman–Crippen MR) is 55.3 cm³/mol. The third-order valence-corrected chi connectivity index (χ3v) is 1.88. The van der Waals surface area contributed by atoms with E-state index >= 15 is 0 Å². The molecule has 0 saturated carbocycles. The number of nitrogens with zero attached hydrogens (tertiary/aromatic N) is 2. The Morgan fingerprint density at radius 2 is 2.14 bits per heavy atom. The van der Waals surface area contributed by atoms with Crippen LogP contribution in [0.2, 0.25) is 0 Å². The number of nitrogen functional groups attached to an aromatic ring is 1. The Morgan fingerprint density at radius 3 is 2.86 bits per heavy atom. The molecule has 0 aromatic carbocycles. The van der Waals surface area contributed by atoms with Crippen LogP contribution in [-0.4, -0.2) is 9.97 Å². The third kappa shape index (κ3) is 1.70. The van der Waals surface area contributed by atoms with Crippen LogP contribution in [0.3, 0.4) is 0 Å². The van der Waals surface area contributed by atoms with E-state index in [-0.39, 0.29) is 0 Å². The van der Waals surface area contributed by atoms with Crippen LogP contribution < -0.4 is 11.3 Å². The Kier molecular flexibility index (Phi) is 2.38. The first-order valence-electron chi connectivity index (χ1n) is 4.23. The summed E-state index contributed by atoms with van der Waals surface area (Å²) in [6.45, 7) is 0. The molecule has 2 aromatic heterocycles. The van der Waals surface area contributed by atoms with Crippen molar-refractivity contribution in [3.05, 3.63) is 42.9 Å². The lowest BCUT2D eigenvalue weighted by Crippen LogP contribution is -2.06. The van der Waals surface area contributed by atoms with E-state index in [0.717, 1.165) is 16.9 Å². The second-order valence-corrected chi connectivity index (χ2v) is 2.82. The SMILES string of the molecule is NNc1ccnc(-c2cccnc2)c1. The fourth-order valence-electron chi connectivity index (χ4n) is 1.19. The lowest BCUT2D eigenvalue weighted by atomic mass is 10.2. The van der Waals surface area contributed by atoms with Crippen molar-refractivity contribution in [1.29, 1.82) is 0 Å². The van der Waals surface area contributed by atoms with Crippen LogP contribution in [0.4, 0.5) is 5.69 Å². The van der Waals surface area contributed by atoms with Gasteiger partial charge in [-0.2, -0.15) is 0 Å². The number of nitrogens with one attached hydrogen (secondary N) is 1. The highest BCUT2D eigenvalue weighted by molar-refractivity contribution is 5.62. The van der Waals surface area contributed by atoms with Gasteiger partial charge in [-0.15, -0.1) is 0 Å². The molecular weight excluding hydrogens is 176 g/mol. The van der Waals surface area contributed by atoms with Gasteiger partial charge in [-0.25, -0.2) is 0 Å². The van der Waals surface area contributed by atoms with E-state index in [1.54, 1.807) is 24.7 Å². The van der Waals surface area contributed by atoms with Gasteiger partial charge in [0.25, 0.3) is 0 Å². The van der Waals surface area contributed by atoms with E-state index in [1.165, 1.54) is 0 Å². The summed E-state index contributed by atoms with van der Waals surface area (Å²) in [4.78, 5) is 8.25. The second-order valence-electron chi connectivity index (χ2n) is 2.82. The molecule has 14 heavy (non-hydrogen) atoms. The lowest BCUT2D eigenvalue weighted by Gasteiger charge is -2.02. The summed E-state index contributed by atoms with van der Waals surface area (Å²) in [5.74, 6) is 5.30. The first-order chi connectivity index (χ1) is 6.90. The molecule has 0 amide bonds. The van der Waals surface area contributed by atoms with Crippen molar-refractivity contribution < 1.29 is 0 Å². The Balaban J connectivity index is 2.42. The molecule has 3 N–H and O–H groups in total.